The zero-order chi connectivity index (χ0) is 12.8. The summed E-state index contributed by atoms with van der Waals surface area (Å²) in [6.07, 6.45) is -1.35. The topological polar surface area (TPSA) is 131 Å². The van der Waals surface area contributed by atoms with E-state index in [2.05, 4.69) is 19.6 Å². The van der Waals surface area contributed by atoms with Gasteiger partial charge in [-0.3, -0.25) is 0 Å². The Kier molecular flexibility index (Phi) is 4.40. The van der Waals surface area contributed by atoms with E-state index < -0.39 is 36.3 Å². The molecule has 0 aromatic heterocycles. The summed E-state index contributed by atoms with van der Waals surface area (Å²) in [5, 5.41) is 0. The Balaban J connectivity index is 2.63. The third-order valence-electron chi connectivity index (χ3n) is 1.67. The van der Waals surface area contributed by atoms with Crippen LogP contribution in [0.15, 0.2) is 0 Å². The van der Waals surface area contributed by atoms with E-state index >= 15 is 0 Å². The standard InChI is InChI=1S/C8H9NO8/c9-4-3-7(12)16-14-5(10)1-2-6(11)15-17-8(4)13/h4H,1-3,9H2. The van der Waals surface area contributed by atoms with Gasteiger partial charge in [0.2, 0.25) is 0 Å². The Labute approximate surface area is 94.6 Å². The molecule has 1 aliphatic heterocycles. The van der Waals surface area contributed by atoms with Crippen molar-refractivity contribution in [1.29, 1.82) is 0 Å². The molecule has 0 aromatic rings. The minimum Gasteiger partial charge on any atom is -0.318 e. The zero-order valence-corrected chi connectivity index (χ0v) is 8.54. The van der Waals surface area contributed by atoms with Gasteiger partial charge in [-0.1, -0.05) is 0 Å². The Morgan fingerprint density at radius 2 is 1.29 bits per heavy atom. The number of hydrogen-bond acceptors (Lipinski definition) is 9. The molecule has 0 aliphatic carbocycles. The molecular weight excluding hydrogens is 238 g/mol. The minimum absolute atomic E-state index is 0.379. The number of carbonyl (C=O) groups excluding carboxylic acids is 4. The summed E-state index contributed by atoms with van der Waals surface area (Å²) in [6, 6.07) is -1.38. The van der Waals surface area contributed by atoms with Gasteiger partial charge in [-0.05, 0) is 0 Å². The van der Waals surface area contributed by atoms with Gasteiger partial charge < -0.3 is 5.73 Å². The van der Waals surface area contributed by atoms with E-state index in [4.69, 9.17) is 5.73 Å². The van der Waals surface area contributed by atoms with Crippen LogP contribution >= 0.6 is 0 Å². The molecule has 0 amide bonds. The molecule has 0 radical (unpaired) electrons. The van der Waals surface area contributed by atoms with E-state index in [-0.39, 0.29) is 12.8 Å². The largest absolute Gasteiger partial charge is 0.372 e. The van der Waals surface area contributed by atoms with Crippen molar-refractivity contribution in [3.8, 4) is 0 Å². The van der Waals surface area contributed by atoms with E-state index in [9.17, 15) is 19.2 Å². The van der Waals surface area contributed by atoms with Crippen LogP contribution < -0.4 is 5.73 Å². The van der Waals surface area contributed by atoms with Gasteiger partial charge in [-0.25, -0.2) is 38.7 Å². The highest BCUT2D eigenvalue weighted by atomic mass is 17.2. The van der Waals surface area contributed by atoms with Crippen molar-refractivity contribution in [2.24, 2.45) is 5.73 Å². The first-order valence-corrected chi connectivity index (χ1v) is 4.56. The van der Waals surface area contributed by atoms with Crippen molar-refractivity contribution in [2.75, 3.05) is 0 Å². The smallest absolute Gasteiger partial charge is 0.318 e. The summed E-state index contributed by atoms with van der Waals surface area (Å²) < 4.78 is 0. The lowest BCUT2D eigenvalue weighted by atomic mass is 10.2. The second kappa shape index (κ2) is 5.80. The number of rotatable bonds is 0. The van der Waals surface area contributed by atoms with Crippen LogP contribution in [-0.2, 0) is 38.7 Å². The fraction of sp³-hybridized carbons (Fsp3) is 0.500. The quantitative estimate of drug-likeness (QED) is 0.508. The first-order valence-electron chi connectivity index (χ1n) is 4.56. The van der Waals surface area contributed by atoms with Crippen LogP contribution in [0.2, 0.25) is 0 Å². The number of carbonyl (C=O) groups is 4. The highest BCUT2D eigenvalue weighted by Gasteiger charge is 2.25. The van der Waals surface area contributed by atoms with Gasteiger partial charge in [0.1, 0.15) is 6.04 Å². The molecule has 1 fully saturated rings. The molecule has 17 heavy (non-hydrogen) atoms. The van der Waals surface area contributed by atoms with E-state index in [1.807, 2.05) is 0 Å². The van der Waals surface area contributed by atoms with Crippen LogP contribution in [0.3, 0.4) is 0 Å². The fourth-order valence-electron chi connectivity index (χ4n) is 0.827. The Morgan fingerprint density at radius 3 is 1.88 bits per heavy atom. The molecule has 0 spiro atoms. The Hall–Kier alpha value is -2.16. The summed E-state index contributed by atoms with van der Waals surface area (Å²) in [6.45, 7) is 0. The Bertz CT molecular complexity index is 351. The van der Waals surface area contributed by atoms with Crippen LogP contribution in [0.1, 0.15) is 19.3 Å². The molecule has 1 unspecified atom stereocenters. The number of nitrogens with two attached hydrogens (primary N) is 1. The molecule has 1 atom stereocenters. The van der Waals surface area contributed by atoms with Gasteiger partial charge in [0.15, 0.2) is 0 Å². The Morgan fingerprint density at radius 1 is 0.824 bits per heavy atom. The predicted octanol–water partition coefficient (Wildman–Crippen LogP) is -1.50. The molecule has 0 saturated carbocycles. The molecular formula is C8H9NO8. The van der Waals surface area contributed by atoms with Gasteiger partial charge >= 0.3 is 23.9 Å². The second-order valence-electron chi connectivity index (χ2n) is 3.08. The first-order chi connectivity index (χ1) is 7.99. The molecule has 2 N–H and O–H groups in total. The van der Waals surface area contributed by atoms with Crippen molar-refractivity contribution in [1.82, 2.24) is 0 Å². The summed E-state index contributed by atoms with van der Waals surface area (Å²) in [5.74, 6) is -4.01. The van der Waals surface area contributed by atoms with Crippen molar-refractivity contribution < 1.29 is 38.7 Å². The van der Waals surface area contributed by atoms with Gasteiger partial charge in [-0.2, -0.15) is 0 Å². The monoisotopic (exact) mass is 247 g/mol. The van der Waals surface area contributed by atoms with Gasteiger partial charge in [-0.15, -0.1) is 0 Å². The molecule has 1 aliphatic rings. The van der Waals surface area contributed by atoms with Gasteiger partial charge in [0.05, 0.1) is 19.3 Å². The van der Waals surface area contributed by atoms with Crippen LogP contribution in [0.5, 0.6) is 0 Å². The van der Waals surface area contributed by atoms with E-state index in [1.54, 1.807) is 0 Å². The molecule has 9 nitrogen and oxygen atoms in total. The average Bonchev–Trinajstić information content (AvgIpc) is 2.29. The summed E-state index contributed by atoms with van der Waals surface area (Å²) >= 11 is 0. The summed E-state index contributed by atoms with van der Waals surface area (Å²) in [5.41, 5.74) is 5.22. The molecule has 0 aromatic carbocycles. The zero-order valence-electron chi connectivity index (χ0n) is 8.54. The third-order valence-corrected chi connectivity index (χ3v) is 1.67. The normalized spacial score (nSPS) is 23.5. The van der Waals surface area contributed by atoms with E-state index in [1.165, 1.54) is 0 Å². The molecule has 0 bridgehead atoms. The molecule has 1 heterocycles. The molecule has 94 valence electrons. The van der Waals surface area contributed by atoms with Gasteiger partial charge in [0, 0.05) is 0 Å². The van der Waals surface area contributed by atoms with Crippen LogP contribution in [-0.4, -0.2) is 29.9 Å². The highest BCUT2D eigenvalue weighted by Crippen LogP contribution is 2.03. The predicted molar refractivity (Wildman–Crippen MR) is 46.2 cm³/mol. The van der Waals surface area contributed by atoms with E-state index in [0.29, 0.717) is 0 Å². The first kappa shape index (κ1) is 12.9. The maximum atomic E-state index is 11.0. The fourth-order valence-corrected chi connectivity index (χ4v) is 0.827. The molecule has 9 heteroatoms. The number of hydrogen-bond donors (Lipinski definition) is 1. The molecule has 1 rings (SSSR count). The maximum absolute atomic E-state index is 11.0. The lowest BCUT2D eigenvalue weighted by Gasteiger charge is -2.10. The van der Waals surface area contributed by atoms with Crippen molar-refractivity contribution >= 4 is 23.9 Å². The molecule has 1 saturated heterocycles. The highest BCUT2D eigenvalue weighted by molar-refractivity contribution is 5.84. The SMILES string of the molecule is NC1CC(=O)OOC(=O)CCC(=O)OOC1=O. The van der Waals surface area contributed by atoms with Crippen LogP contribution in [0, 0.1) is 0 Å². The summed E-state index contributed by atoms with van der Waals surface area (Å²) in [7, 11) is 0. The lowest BCUT2D eigenvalue weighted by Crippen LogP contribution is -2.36. The van der Waals surface area contributed by atoms with Crippen LogP contribution in [0.25, 0.3) is 0 Å². The second-order valence-corrected chi connectivity index (χ2v) is 3.08. The maximum Gasteiger partial charge on any atom is 0.372 e. The van der Waals surface area contributed by atoms with E-state index in [0.717, 1.165) is 0 Å². The van der Waals surface area contributed by atoms with Crippen molar-refractivity contribution in [2.45, 2.75) is 25.3 Å². The van der Waals surface area contributed by atoms with Crippen LogP contribution in [0.4, 0.5) is 0 Å². The van der Waals surface area contributed by atoms with Gasteiger partial charge in [0.25, 0.3) is 0 Å². The lowest BCUT2D eigenvalue weighted by molar-refractivity contribution is -0.268. The van der Waals surface area contributed by atoms with Crippen molar-refractivity contribution in [3.05, 3.63) is 0 Å². The van der Waals surface area contributed by atoms with Crippen molar-refractivity contribution in [3.63, 3.8) is 0 Å². The average molecular weight is 247 g/mol. The third kappa shape index (κ3) is 4.47. The summed E-state index contributed by atoms with van der Waals surface area (Å²) in [4.78, 5) is 60.0. The minimum atomic E-state index is -1.38.